The molecule has 0 saturated carbocycles. The maximum absolute atomic E-state index is 12.3. The SMILES string of the molecule is CC(C)C(CCl)NC(=O)c1cccc2c1OCCO2. The third kappa shape index (κ3) is 3.13. The molecule has 1 aliphatic heterocycles. The number of benzene rings is 1. The number of hydrogen-bond acceptors (Lipinski definition) is 3. The van der Waals surface area contributed by atoms with Crippen molar-refractivity contribution in [1.82, 2.24) is 5.32 Å². The van der Waals surface area contributed by atoms with Crippen molar-refractivity contribution in [2.24, 2.45) is 5.92 Å². The predicted octanol–water partition coefficient (Wildman–Crippen LogP) is 2.45. The van der Waals surface area contributed by atoms with Crippen LogP contribution in [0, 0.1) is 5.92 Å². The van der Waals surface area contributed by atoms with E-state index in [4.69, 9.17) is 21.1 Å². The third-order valence-corrected chi connectivity index (χ3v) is 3.43. The molecular weight excluding hydrogens is 266 g/mol. The zero-order valence-corrected chi connectivity index (χ0v) is 11.9. The molecule has 1 atom stereocenters. The number of hydrogen-bond donors (Lipinski definition) is 1. The number of carbonyl (C=O) groups is 1. The first kappa shape index (κ1) is 14.0. The van der Waals surface area contributed by atoms with Crippen LogP contribution >= 0.6 is 11.6 Å². The van der Waals surface area contributed by atoms with Crippen molar-refractivity contribution in [2.75, 3.05) is 19.1 Å². The van der Waals surface area contributed by atoms with Crippen molar-refractivity contribution in [2.45, 2.75) is 19.9 Å². The molecule has 1 aliphatic rings. The largest absolute Gasteiger partial charge is 0.486 e. The van der Waals surface area contributed by atoms with E-state index in [1.807, 2.05) is 13.8 Å². The highest BCUT2D eigenvalue weighted by atomic mass is 35.5. The molecule has 1 heterocycles. The molecule has 1 aromatic rings. The fraction of sp³-hybridized carbons (Fsp3) is 0.500. The summed E-state index contributed by atoms with van der Waals surface area (Å²) in [5, 5.41) is 2.93. The highest BCUT2D eigenvalue weighted by Gasteiger charge is 2.23. The van der Waals surface area contributed by atoms with Crippen molar-refractivity contribution in [3.05, 3.63) is 23.8 Å². The van der Waals surface area contributed by atoms with E-state index < -0.39 is 0 Å². The molecule has 0 saturated heterocycles. The zero-order chi connectivity index (χ0) is 13.8. The Morgan fingerprint density at radius 3 is 2.79 bits per heavy atom. The van der Waals surface area contributed by atoms with E-state index in [0.717, 1.165) is 0 Å². The zero-order valence-electron chi connectivity index (χ0n) is 11.1. The van der Waals surface area contributed by atoms with Gasteiger partial charge in [-0.05, 0) is 18.1 Å². The van der Waals surface area contributed by atoms with E-state index in [-0.39, 0.29) is 17.9 Å². The third-order valence-electron chi connectivity index (χ3n) is 3.10. The minimum atomic E-state index is -0.179. The molecule has 0 aromatic heterocycles. The highest BCUT2D eigenvalue weighted by molar-refractivity contribution is 6.18. The quantitative estimate of drug-likeness (QED) is 0.864. The summed E-state index contributed by atoms with van der Waals surface area (Å²) in [6.07, 6.45) is 0. The van der Waals surface area contributed by atoms with Gasteiger partial charge in [-0.25, -0.2) is 0 Å². The van der Waals surface area contributed by atoms with Crippen LogP contribution in [-0.4, -0.2) is 31.0 Å². The Morgan fingerprint density at radius 1 is 1.37 bits per heavy atom. The minimum Gasteiger partial charge on any atom is -0.486 e. The van der Waals surface area contributed by atoms with Crippen LogP contribution in [0.4, 0.5) is 0 Å². The van der Waals surface area contributed by atoms with E-state index in [1.165, 1.54) is 0 Å². The number of carbonyl (C=O) groups excluding carboxylic acids is 1. The molecule has 1 unspecified atom stereocenters. The lowest BCUT2D eigenvalue weighted by molar-refractivity contribution is 0.0920. The van der Waals surface area contributed by atoms with E-state index in [1.54, 1.807) is 18.2 Å². The fourth-order valence-corrected chi connectivity index (χ4v) is 2.32. The second kappa shape index (κ2) is 6.15. The van der Waals surface area contributed by atoms with Gasteiger partial charge < -0.3 is 14.8 Å². The van der Waals surface area contributed by atoms with Crippen molar-refractivity contribution in [3.8, 4) is 11.5 Å². The van der Waals surface area contributed by atoms with Crippen LogP contribution < -0.4 is 14.8 Å². The van der Waals surface area contributed by atoms with Gasteiger partial charge in [-0.15, -0.1) is 11.6 Å². The number of para-hydroxylation sites is 1. The molecule has 0 fully saturated rings. The standard InChI is InChI=1S/C14H18ClNO3/c1-9(2)11(8-15)16-14(17)10-4-3-5-12-13(10)19-7-6-18-12/h3-5,9,11H,6-8H2,1-2H3,(H,16,17). The van der Waals surface area contributed by atoms with Gasteiger partial charge in [0.15, 0.2) is 11.5 Å². The van der Waals surface area contributed by atoms with Gasteiger partial charge in [0.1, 0.15) is 13.2 Å². The second-order valence-corrected chi connectivity index (χ2v) is 5.12. The van der Waals surface area contributed by atoms with E-state index >= 15 is 0 Å². The number of nitrogens with one attached hydrogen (secondary N) is 1. The highest BCUT2D eigenvalue weighted by Crippen LogP contribution is 2.33. The summed E-state index contributed by atoms with van der Waals surface area (Å²) >= 11 is 5.87. The number of fused-ring (bicyclic) bond motifs is 1. The molecule has 0 aliphatic carbocycles. The van der Waals surface area contributed by atoms with Gasteiger partial charge >= 0.3 is 0 Å². The van der Waals surface area contributed by atoms with Gasteiger partial charge in [-0.1, -0.05) is 19.9 Å². The molecule has 0 bridgehead atoms. The molecule has 0 radical (unpaired) electrons. The van der Waals surface area contributed by atoms with Crippen LogP contribution in [0.15, 0.2) is 18.2 Å². The summed E-state index contributed by atoms with van der Waals surface area (Å²) in [7, 11) is 0. The topological polar surface area (TPSA) is 47.6 Å². The van der Waals surface area contributed by atoms with Gasteiger partial charge in [-0.3, -0.25) is 4.79 Å². The van der Waals surface area contributed by atoms with E-state index in [2.05, 4.69) is 5.32 Å². The van der Waals surface area contributed by atoms with Gasteiger partial charge in [0.25, 0.3) is 5.91 Å². The Hall–Kier alpha value is -1.42. The number of ether oxygens (including phenoxy) is 2. The van der Waals surface area contributed by atoms with Crippen molar-refractivity contribution in [1.29, 1.82) is 0 Å². The summed E-state index contributed by atoms with van der Waals surface area (Å²) in [4.78, 5) is 12.3. The maximum atomic E-state index is 12.3. The Kier molecular flexibility index (Phi) is 4.53. The summed E-state index contributed by atoms with van der Waals surface area (Å²) in [6, 6.07) is 5.25. The molecular formula is C14H18ClNO3. The van der Waals surface area contributed by atoms with Gasteiger partial charge in [0, 0.05) is 11.9 Å². The maximum Gasteiger partial charge on any atom is 0.255 e. The smallest absolute Gasteiger partial charge is 0.255 e. The second-order valence-electron chi connectivity index (χ2n) is 4.81. The van der Waals surface area contributed by atoms with E-state index in [9.17, 15) is 4.79 Å². The molecule has 2 rings (SSSR count). The molecule has 104 valence electrons. The van der Waals surface area contributed by atoms with Crippen LogP contribution in [0.3, 0.4) is 0 Å². The van der Waals surface area contributed by atoms with Crippen molar-refractivity contribution in [3.63, 3.8) is 0 Å². The van der Waals surface area contributed by atoms with Crippen LogP contribution in [0.2, 0.25) is 0 Å². The Morgan fingerprint density at radius 2 is 2.11 bits per heavy atom. The van der Waals surface area contributed by atoms with Crippen LogP contribution in [-0.2, 0) is 0 Å². The van der Waals surface area contributed by atoms with Gasteiger partial charge in [0.05, 0.1) is 5.56 Å². The van der Waals surface area contributed by atoms with Gasteiger partial charge in [0.2, 0.25) is 0 Å². The summed E-state index contributed by atoms with van der Waals surface area (Å²) in [5.41, 5.74) is 0.493. The first-order chi connectivity index (χ1) is 9.13. The lowest BCUT2D eigenvalue weighted by Crippen LogP contribution is -2.40. The Balaban J connectivity index is 2.19. The molecule has 19 heavy (non-hydrogen) atoms. The van der Waals surface area contributed by atoms with Crippen LogP contribution in [0.5, 0.6) is 11.5 Å². The fourth-order valence-electron chi connectivity index (χ4n) is 1.88. The predicted molar refractivity (Wildman–Crippen MR) is 74.2 cm³/mol. The normalized spacial score (nSPS) is 15.2. The molecule has 1 aromatic carbocycles. The first-order valence-electron chi connectivity index (χ1n) is 6.39. The summed E-state index contributed by atoms with van der Waals surface area (Å²) in [6.45, 7) is 5.01. The average Bonchev–Trinajstić information content (AvgIpc) is 2.43. The molecule has 0 spiro atoms. The number of halogens is 1. The number of rotatable bonds is 4. The molecule has 1 N–H and O–H groups in total. The number of amides is 1. The molecule has 4 nitrogen and oxygen atoms in total. The van der Waals surface area contributed by atoms with Crippen molar-refractivity contribution < 1.29 is 14.3 Å². The summed E-state index contributed by atoms with van der Waals surface area (Å²) < 4.78 is 11.0. The molecule has 5 heteroatoms. The van der Waals surface area contributed by atoms with Crippen LogP contribution in [0.1, 0.15) is 24.2 Å². The monoisotopic (exact) mass is 283 g/mol. The lowest BCUT2D eigenvalue weighted by atomic mass is 10.1. The van der Waals surface area contributed by atoms with Gasteiger partial charge in [-0.2, -0.15) is 0 Å². The minimum absolute atomic E-state index is 0.0606. The number of alkyl halides is 1. The van der Waals surface area contributed by atoms with Crippen LogP contribution in [0.25, 0.3) is 0 Å². The Bertz CT molecular complexity index is 462. The summed E-state index contributed by atoms with van der Waals surface area (Å²) in [5.74, 6) is 1.62. The first-order valence-corrected chi connectivity index (χ1v) is 6.92. The Labute approximate surface area is 118 Å². The average molecular weight is 284 g/mol. The van der Waals surface area contributed by atoms with E-state index in [0.29, 0.717) is 36.2 Å². The van der Waals surface area contributed by atoms with Crippen molar-refractivity contribution >= 4 is 17.5 Å². The molecule has 1 amide bonds. The lowest BCUT2D eigenvalue weighted by Gasteiger charge is -2.23.